The molecule has 0 amide bonds. The molecule has 1 aromatic heterocycles. The quantitative estimate of drug-likeness (QED) is 0.701. The molecule has 1 aromatic rings. The predicted octanol–water partition coefficient (Wildman–Crippen LogP) is 1.90. The lowest BCUT2D eigenvalue weighted by Crippen LogP contribution is -1.83. The molecule has 0 bridgehead atoms. The van der Waals surface area contributed by atoms with Crippen LogP contribution in [-0.4, -0.2) is 12.9 Å². The summed E-state index contributed by atoms with van der Waals surface area (Å²) in [5.41, 5.74) is 0. The summed E-state index contributed by atoms with van der Waals surface area (Å²) in [7, 11) is 1.65. The summed E-state index contributed by atoms with van der Waals surface area (Å²) in [6.07, 6.45) is 0.882. The first-order chi connectivity index (χ1) is 5.36. The number of hydrogen-bond acceptors (Lipinski definition) is 3. The van der Waals surface area contributed by atoms with Gasteiger partial charge in [-0.2, -0.15) is 12.6 Å². The Morgan fingerprint density at radius 1 is 1.45 bits per heavy atom. The summed E-state index contributed by atoms with van der Waals surface area (Å²) in [6.45, 7) is 0.548. The van der Waals surface area contributed by atoms with Gasteiger partial charge in [0.2, 0.25) is 0 Å². The number of thiol groups is 1. The Morgan fingerprint density at radius 3 is 2.82 bits per heavy atom. The lowest BCUT2D eigenvalue weighted by molar-refractivity contribution is 0.163. The third-order valence-electron chi connectivity index (χ3n) is 1.36. The molecule has 0 unspecified atom stereocenters. The maximum Gasteiger partial charge on any atom is 0.129 e. The van der Waals surface area contributed by atoms with Crippen LogP contribution in [0.2, 0.25) is 0 Å². The molecule has 1 heterocycles. The molecule has 62 valence electrons. The van der Waals surface area contributed by atoms with Crippen molar-refractivity contribution in [2.45, 2.75) is 13.0 Å². The van der Waals surface area contributed by atoms with Crippen LogP contribution >= 0.6 is 12.6 Å². The number of aryl methyl sites for hydroxylation is 1. The van der Waals surface area contributed by atoms with Gasteiger partial charge in [0.1, 0.15) is 18.1 Å². The zero-order valence-electron chi connectivity index (χ0n) is 6.54. The van der Waals surface area contributed by atoms with Crippen molar-refractivity contribution in [2.75, 3.05) is 12.9 Å². The van der Waals surface area contributed by atoms with Crippen molar-refractivity contribution in [3.05, 3.63) is 23.7 Å². The van der Waals surface area contributed by atoms with E-state index in [2.05, 4.69) is 12.6 Å². The first-order valence-electron chi connectivity index (χ1n) is 3.54. The van der Waals surface area contributed by atoms with E-state index in [0.29, 0.717) is 6.61 Å². The van der Waals surface area contributed by atoms with Gasteiger partial charge >= 0.3 is 0 Å². The van der Waals surface area contributed by atoms with Crippen LogP contribution in [0.5, 0.6) is 0 Å². The van der Waals surface area contributed by atoms with Crippen molar-refractivity contribution in [1.29, 1.82) is 0 Å². The smallest absolute Gasteiger partial charge is 0.129 e. The van der Waals surface area contributed by atoms with Crippen molar-refractivity contribution in [3.63, 3.8) is 0 Å². The minimum atomic E-state index is 0.548. The second-order valence-corrected chi connectivity index (χ2v) is 2.72. The van der Waals surface area contributed by atoms with E-state index >= 15 is 0 Å². The maximum absolute atomic E-state index is 5.39. The number of ether oxygens (including phenoxy) is 1. The minimum absolute atomic E-state index is 0.548. The van der Waals surface area contributed by atoms with E-state index in [1.807, 2.05) is 12.1 Å². The van der Waals surface area contributed by atoms with Gasteiger partial charge in [-0.25, -0.2) is 0 Å². The molecule has 0 aliphatic rings. The van der Waals surface area contributed by atoms with Gasteiger partial charge in [0, 0.05) is 13.5 Å². The maximum atomic E-state index is 5.39. The van der Waals surface area contributed by atoms with E-state index < -0.39 is 0 Å². The summed E-state index contributed by atoms with van der Waals surface area (Å²) in [6, 6.07) is 3.90. The van der Waals surface area contributed by atoms with Crippen molar-refractivity contribution >= 4 is 12.6 Å². The molecule has 0 atom stereocenters. The highest BCUT2D eigenvalue weighted by atomic mass is 32.1. The molecule has 1 rings (SSSR count). The molecule has 2 nitrogen and oxygen atoms in total. The molecule has 11 heavy (non-hydrogen) atoms. The molecule has 0 aliphatic heterocycles. The summed E-state index contributed by atoms with van der Waals surface area (Å²) < 4.78 is 10.3. The van der Waals surface area contributed by atoms with Crippen molar-refractivity contribution < 1.29 is 9.15 Å². The molecule has 0 aromatic carbocycles. The van der Waals surface area contributed by atoms with Crippen LogP contribution in [0.3, 0.4) is 0 Å². The standard InChI is InChI=1S/C8H12O2S/c1-9-6-8-3-2-7(10-8)4-5-11/h2-3,11H,4-6H2,1H3. The van der Waals surface area contributed by atoms with Gasteiger partial charge in [-0.05, 0) is 17.9 Å². The highest BCUT2D eigenvalue weighted by Gasteiger charge is 1.99. The minimum Gasteiger partial charge on any atom is -0.464 e. The van der Waals surface area contributed by atoms with Crippen LogP contribution in [-0.2, 0) is 17.8 Å². The van der Waals surface area contributed by atoms with E-state index in [1.54, 1.807) is 7.11 Å². The fraction of sp³-hybridized carbons (Fsp3) is 0.500. The van der Waals surface area contributed by atoms with Crippen LogP contribution in [0.25, 0.3) is 0 Å². The van der Waals surface area contributed by atoms with Gasteiger partial charge in [-0.1, -0.05) is 0 Å². The number of hydrogen-bond donors (Lipinski definition) is 1. The number of methoxy groups -OCH3 is 1. The fourth-order valence-electron chi connectivity index (χ4n) is 0.887. The van der Waals surface area contributed by atoms with Crippen molar-refractivity contribution in [2.24, 2.45) is 0 Å². The zero-order valence-corrected chi connectivity index (χ0v) is 7.43. The van der Waals surface area contributed by atoms with Gasteiger partial charge in [-0.15, -0.1) is 0 Å². The number of furan rings is 1. The van der Waals surface area contributed by atoms with Crippen LogP contribution in [0.15, 0.2) is 16.5 Å². The van der Waals surface area contributed by atoms with Gasteiger partial charge < -0.3 is 9.15 Å². The predicted molar refractivity (Wildman–Crippen MR) is 47.0 cm³/mol. The SMILES string of the molecule is COCc1ccc(CCS)o1. The average molecular weight is 172 g/mol. The third-order valence-corrected chi connectivity index (χ3v) is 1.59. The van der Waals surface area contributed by atoms with Crippen LogP contribution < -0.4 is 0 Å². The van der Waals surface area contributed by atoms with Crippen molar-refractivity contribution in [1.82, 2.24) is 0 Å². The summed E-state index contributed by atoms with van der Waals surface area (Å²) in [5, 5.41) is 0. The van der Waals surface area contributed by atoms with Crippen LogP contribution in [0, 0.1) is 0 Å². The lowest BCUT2D eigenvalue weighted by Gasteiger charge is -1.93. The van der Waals surface area contributed by atoms with E-state index in [1.165, 1.54) is 0 Å². The normalized spacial score (nSPS) is 10.4. The zero-order chi connectivity index (χ0) is 8.10. The largest absolute Gasteiger partial charge is 0.464 e. The summed E-state index contributed by atoms with van der Waals surface area (Å²) in [5.74, 6) is 2.68. The molecule has 0 N–H and O–H groups in total. The van der Waals surface area contributed by atoms with Crippen LogP contribution in [0.4, 0.5) is 0 Å². The Hall–Kier alpha value is -0.410. The highest BCUT2D eigenvalue weighted by Crippen LogP contribution is 2.09. The summed E-state index contributed by atoms with van der Waals surface area (Å²) in [4.78, 5) is 0. The summed E-state index contributed by atoms with van der Waals surface area (Å²) >= 11 is 4.10. The molecular weight excluding hydrogens is 160 g/mol. The average Bonchev–Trinajstić information content (AvgIpc) is 2.38. The second-order valence-electron chi connectivity index (χ2n) is 2.27. The van der Waals surface area contributed by atoms with E-state index in [-0.39, 0.29) is 0 Å². The number of rotatable bonds is 4. The van der Waals surface area contributed by atoms with Gasteiger partial charge in [0.05, 0.1) is 0 Å². The van der Waals surface area contributed by atoms with Gasteiger partial charge in [0.15, 0.2) is 0 Å². The Labute approximate surface area is 72.0 Å². The van der Waals surface area contributed by atoms with E-state index in [4.69, 9.17) is 9.15 Å². The molecule has 0 aliphatic carbocycles. The van der Waals surface area contributed by atoms with Crippen molar-refractivity contribution in [3.8, 4) is 0 Å². The first kappa shape index (κ1) is 8.68. The second kappa shape index (κ2) is 4.46. The molecule has 0 spiro atoms. The Kier molecular flexibility index (Phi) is 3.52. The Balaban J connectivity index is 2.51. The first-order valence-corrected chi connectivity index (χ1v) is 4.17. The van der Waals surface area contributed by atoms with E-state index in [9.17, 15) is 0 Å². The third kappa shape index (κ3) is 2.60. The molecule has 0 radical (unpaired) electrons. The topological polar surface area (TPSA) is 22.4 Å². The molecule has 0 saturated carbocycles. The molecule has 0 fully saturated rings. The lowest BCUT2D eigenvalue weighted by atomic mass is 10.3. The Bertz CT molecular complexity index is 187. The van der Waals surface area contributed by atoms with Gasteiger partial charge in [-0.3, -0.25) is 0 Å². The molecule has 0 saturated heterocycles. The monoisotopic (exact) mass is 172 g/mol. The molecular formula is C8H12O2S. The Morgan fingerprint density at radius 2 is 2.18 bits per heavy atom. The van der Waals surface area contributed by atoms with E-state index in [0.717, 1.165) is 23.7 Å². The fourth-order valence-corrected chi connectivity index (χ4v) is 1.11. The van der Waals surface area contributed by atoms with Crippen LogP contribution in [0.1, 0.15) is 11.5 Å². The molecule has 3 heteroatoms. The highest BCUT2D eigenvalue weighted by molar-refractivity contribution is 7.80. The van der Waals surface area contributed by atoms with Gasteiger partial charge in [0.25, 0.3) is 0 Å².